The second-order valence-electron chi connectivity index (χ2n) is 4.17. The van der Waals surface area contributed by atoms with Crippen LogP contribution in [0.4, 0.5) is 11.4 Å². The predicted molar refractivity (Wildman–Crippen MR) is 77.4 cm³/mol. The van der Waals surface area contributed by atoms with E-state index in [1.165, 1.54) is 13.1 Å². The lowest BCUT2D eigenvalue weighted by atomic mass is 10.3. The van der Waals surface area contributed by atoms with Gasteiger partial charge in [-0.05, 0) is 18.6 Å². The molecule has 0 radical (unpaired) electrons. The Bertz CT molecular complexity index is 638. The quantitative estimate of drug-likeness (QED) is 0.857. The zero-order valence-electron chi connectivity index (χ0n) is 11.1. The van der Waals surface area contributed by atoms with Crippen molar-refractivity contribution in [3.63, 3.8) is 0 Å². The average Bonchev–Trinajstić information content (AvgIpc) is 2.27. The number of hydrogen-bond donors (Lipinski definition) is 1. The molecule has 0 aliphatic heterocycles. The van der Waals surface area contributed by atoms with Gasteiger partial charge >= 0.3 is 0 Å². The van der Waals surface area contributed by atoms with Gasteiger partial charge in [0, 0.05) is 7.05 Å². The summed E-state index contributed by atoms with van der Waals surface area (Å²) in [6.45, 7) is 1.76. The van der Waals surface area contributed by atoms with Crippen LogP contribution in [0.3, 0.4) is 0 Å². The van der Waals surface area contributed by atoms with Gasteiger partial charge in [0.1, 0.15) is 0 Å². The molecule has 1 N–H and O–H groups in total. The van der Waals surface area contributed by atoms with Crippen LogP contribution in [0, 0.1) is 0 Å². The summed E-state index contributed by atoms with van der Waals surface area (Å²) in [6, 6.07) is 6.37. The molecule has 1 aromatic rings. The molecule has 19 heavy (non-hydrogen) atoms. The van der Waals surface area contributed by atoms with E-state index in [0.717, 1.165) is 10.6 Å². The number of rotatable bonds is 6. The standard InChI is InChI=1S/C11H18N2O4S2/c1-4-9-19(16,17)12-10-7-5-6-8-11(10)13(2)18(3,14)15/h5-8,12H,4,9H2,1-3H3. The van der Waals surface area contributed by atoms with Gasteiger partial charge in [0.05, 0.1) is 23.4 Å². The highest BCUT2D eigenvalue weighted by Gasteiger charge is 2.18. The van der Waals surface area contributed by atoms with Crippen molar-refractivity contribution in [3.05, 3.63) is 24.3 Å². The van der Waals surface area contributed by atoms with Crippen molar-refractivity contribution in [2.75, 3.05) is 28.1 Å². The summed E-state index contributed by atoms with van der Waals surface area (Å²) in [5.41, 5.74) is 0.550. The highest BCUT2D eigenvalue weighted by molar-refractivity contribution is 7.93. The largest absolute Gasteiger partial charge is 0.281 e. The van der Waals surface area contributed by atoms with Gasteiger partial charge in [-0.2, -0.15) is 0 Å². The second kappa shape index (κ2) is 5.79. The number of nitrogens with one attached hydrogen (secondary N) is 1. The number of anilines is 2. The van der Waals surface area contributed by atoms with E-state index in [0.29, 0.717) is 12.1 Å². The summed E-state index contributed by atoms with van der Waals surface area (Å²) in [5, 5.41) is 0. The van der Waals surface area contributed by atoms with E-state index in [-0.39, 0.29) is 11.4 Å². The van der Waals surface area contributed by atoms with Crippen LogP contribution >= 0.6 is 0 Å². The summed E-state index contributed by atoms with van der Waals surface area (Å²) in [5.74, 6) is -0.01000. The van der Waals surface area contributed by atoms with Gasteiger partial charge < -0.3 is 0 Å². The molecular weight excluding hydrogens is 288 g/mol. The van der Waals surface area contributed by atoms with Gasteiger partial charge in [0.2, 0.25) is 20.0 Å². The van der Waals surface area contributed by atoms with Crippen LogP contribution in [-0.4, -0.2) is 35.9 Å². The third-order valence-corrected chi connectivity index (χ3v) is 5.15. The Morgan fingerprint density at radius 1 is 1.16 bits per heavy atom. The van der Waals surface area contributed by atoms with Crippen molar-refractivity contribution in [2.24, 2.45) is 0 Å². The van der Waals surface area contributed by atoms with Gasteiger partial charge in [-0.3, -0.25) is 9.03 Å². The number of nitrogens with zero attached hydrogens (tertiary/aromatic N) is 1. The molecule has 0 atom stereocenters. The first-order valence-electron chi connectivity index (χ1n) is 5.71. The molecule has 0 saturated heterocycles. The van der Waals surface area contributed by atoms with Crippen LogP contribution < -0.4 is 9.03 Å². The molecule has 8 heteroatoms. The van der Waals surface area contributed by atoms with Gasteiger partial charge in [0.25, 0.3) is 0 Å². The topological polar surface area (TPSA) is 83.6 Å². The normalized spacial score (nSPS) is 12.2. The zero-order chi connectivity index (χ0) is 14.7. The molecule has 6 nitrogen and oxygen atoms in total. The van der Waals surface area contributed by atoms with Crippen molar-refractivity contribution in [1.82, 2.24) is 0 Å². The van der Waals surface area contributed by atoms with Crippen molar-refractivity contribution >= 4 is 31.4 Å². The highest BCUT2D eigenvalue weighted by atomic mass is 32.2. The van der Waals surface area contributed by atoms with E-state index in [9.17, 15) is 16.8 Å². The Hall–Kier alpha value is -1.28. The number of sulfonamides is 2. The Morgan fingerprint density at radius 3 is 2.26 bits per heavy atom. The summed E-state index contributed by atoms with van der Waals surface area (Å²) in [7, 11) is -5.53. The Morgan fingerprint density at radius 2 is 1.74 bits per heavy atom. The zero-order valence-corrected chi connectivity index (χ0v) is 12.8. The molecule has 0 aliphatic rings. The van der Waals surface area contributed by atoms with Crippen LogP contribution in [0.15, 0.2) is 24.3 Å². The fraction of sp³-hybridized carbons (Fsp3) is 0.455. The summed E-state index contributed by atoms with van der Waals surface area (Å²) >= 11 is 0. The van der Waals surface area contributed by atoms with Crippen LogP contribution in [0.1, 0.15) is 13.3 Å². The van der Waals surface area contributed by atoms with E-state index >= 15 is 0 Å². The second-order valence-corrected chi connectivity index (χ2v) is 8.02. The third-order valence-electron chi connectivity index (χ3n) is 2.48. The van der Waals surface area contributed by atoms with E-state index in [1.807, 2.05) is 0 Å². The summed E-state index contributed by atoms with van der Waals surface area (Å²) in [4.78, 5) is 0. The van der Waals surface area contributed by atoms with Crippen LogP contribution in [0.2, 0.25) is 0 Å². The van der Waals surface area contributed by atoms with Gasteiger partial charge in [-0.1, -0.05) is 19.1 Å². The molecule has 0 heterocycles. The number of benzene rings is 1. The minimum atomic E-state index is -3.46. The van der Waals surface area contributed by atoms with Crippen LogP contribution in [0.25, 0.3) is 0 Å². The Kier molecular flexibility index (Phi) is 4.81. The van der Waals surface area contributed by atoms with E-state index in [1.54, 1.807) is 25.1 Å². The van der Waals surface area contributed by atoms with Crippen LogP contribution in [0.5, 0.6) is 0 Å². The van der Waals surface area contributed by atoms with E-state index < -0.39 is 20.0 Å². The molecule has 0 unspecified atom stereocenters. The van der Waals surface area contributed by atoms with Crippen LogP contribution in [-0.2, 0) is 20.0 Å². The number of para-hydroxylation sites is 2. The minimum absolute atomic E-state index is 0.01000. The third kappa shape index (κ3) is 4.39. The maximum absolute atomic E-state index is 11.7. The monoisotopic (exact) mass is 306 g/mol. The molecule has 1 aromatic carbocycles. The van der Waals surface area contributed by atoms with Crippen molar-refractivity contribution in [2.45, 2.75) is 13.3 Å². The molecule has 108 valence electrons. The molecule has 0 aromatic heterocycles. The Labute approximate surface area is 114 Å². The molecule has 0 amide bonds. The van der Waals surface area contributed by atoms with E-state index in [2.05, 4.69) is 4.72 Å². The smallest absolute Gasteiger partial charge is 0.232 e. The highest BCUT2D eigenvalue weighted by Crippen LogP contribution is 2.27. The number of hydrogen-bond acceptors (Lipinski definition) is 4. The lowest BCUT2D eigenvalue weighted by Crippen LogP contribution is -2.26. The molecule has 0 aliphatic carbocycles. The fourth-order valence-electron chi connectivity index (χ4n) is 1.50. The minimum Gasteiger partial charge on any atom is -0.281 e. The molecule has 1 rings (SSSR count). The summed E-state index contributed by atoms with van der Waals surface area (Å²) in [6.07, 6.45) is 1.55. The molecule has 0 spiro atoms. The molecular formula is C11H18N2O4S2. The average molecular weight is 306 g/mol. The van der Waals surface area contributed by atoms with Crippen molar-refractivity contribution in [1.29, 1.82) is 0 Å². The Balaban J connectivity index is 3.18. The van der Waals surface area contributed by atoms with Gasteiger partial charge in [-0.15, -0.1) is 0 Å². The maximum atomic E-state index is 11.7. The molecule has 0 bridgehead atoms. The first-order valence-corrected chi connectivity index (χ1v) is 9.21. The van der Waals surface area contributed by atoms with E-state index in [4.69, 9.17) is 0 Å². The van der Waals surface area contributed by atoms with Crippen molar-refractivity contribution in [3.8, 4) is 0 Å². The fourth-order valence-corrected chi connectivity index (χ4v) is 3.16. The first-order chi connectivity index (χ1) is 8.67. The summed E-state index contributed by atoms with van der Waals surface area (Å²) < 4.78 is 50.0. The SMILES string of the molecule is CCCS(=O)(=O)Nc1ccccc1N(C)S(C)(=O)=O. The lowest BCUT2D eigenvalue weighted by Gasteiger charge is -2.20. The van der Waals surface area contributed by atoms with Crippen molar-refractivity contribution < 1.29 is 16.8 Å². The molecule has 0 fully saturated rings. The lowest BCUT2D eigenvalue weighted by molar-refractivity contribution is 0.597. The first kappa shape index (κ1) is 15.8. The predicted octanol–water partition coefficient (Wildman–Crippen LogP) is 1.23. The van der Waals surface area contributed by atoms with Gasteiger partial charge in [0.15, 0.2) is 0 Å². The maximum Gasteiger partial charge on any atom is 0.232 e. The molecule has 0 saturated carbocycles. The van der Waals surface area contributed by atoms with Gasteiger partial charge in [-0.25, -0.2) is 16.8 Å².